The third-order valence-electron chi connectivity index (χ3n) is 6.44. The molecule has 1 saturated carbocycles. The molecule has 25 heavy (non-hydrogen) atoms. The minimum Gasteiger partial charge on any atom is -0.192 e. The minimum atomic E-state index is 0.208. The normalized spacial score (nSPS) is 25.4. The van der Waals surface area contributed by atoms with Crippen LogP contribution in [-0.4, -0.2) is 0 Å². The number of aromatic nitrogens is 1. The van der Waals surface area contributed by atoms with E-state index in [-0.39, 0.29) is 11.0 Å². The number of fused-ring (bicyclic) bond motifs is 8. The molecular formula is C24H28N+. The molecule has 1 aromatic heterocycles. The van der Waals surface area contributed by atoms with E-state index in [9.17, 15) is 0 Å². The van der Waals surface area contributed by atoms with E-state index in [1.54, 1.807) is 5.56 Å². The van der Waals surface area contributed by atoms with E-state index in [1.807, 2.05) is 13.8 Å². The van der Waals surface area contributed by atoms with Gasteiger partial charge in [-0.25, -0.2) is 0 Å². The Morgan fingerprint density at radius 1 is 0.960 bits per heavy atom. The van der Waals surface area contributed by atoms with E-state index in [2.05, 4.69) is 80.9 Å². The molecule has 0 bridgehead atoms. The summed E-state index contributed by atoms with van der Waals surface area (Å²) in [7, 11) is 0. The van der Waals surface area contributed by atoms with Crippen molar-refractivity contribution in [3.63, 3.8) is 0 Å². The van der Waals surface area contributed by atoms with Crippen molar-refractivity contribution < 1.29 is 4.57 Å². The van der Waals surface area contributed by atoms with Crippen molar-refractivity contribution in [3.8, 4) is 11.3 Å². The van der Waals surface area contributed by atoms with Gasteiger partial charge in [0.25, 0.3) is 0 Å². The van der Waals surface area contributed by atoms with Gasteiger partial charge in [0.15, 0.2) is 11.7 Å². The lowest BCUT2D eigenvalue weighted by Crippen LogP contribution is -2.53. The van der Waals surface area contributed by atoms with Crippen molar-refractivity contribution in [2.75, 3.05) is 0 Å². The van der Waals surface area contributed by atoms with Gasteiger partial charge < -0.3 is 0 Å². The van der Waals surface area contributed by atoms with Crippen molar-refractivity contribution in [1.29, 1.82) is 0 Å². The number of benzene rings is 2. The number of hydrogen-bond donors (Lipinski definition) is 0. The smallest absolute Gasteiger partial charge is 0.192 e. The summed E-state index contributed by atoms with van der Waals surface area (Å²) in [5.74, 6) is 0. The Kier molecular flexibility index (Phi) is 3.38. The molecule has 0 spiro atoms. The van der Waals surface area contributed by atoms with Crippen LogP contribution in [0.4, 0.5) is 0 Å². The van der Waals surface area contributed by atoms with Gasteiger partial charge in [0, 0.05) is 19.4 Å². The zero-order valence-corrected chi connectivity index (χ0v) is 16.3. The Morgan fingerprint density at radius 3 is 2.44 bits per heavy atom. The van der Waals surface area contributed by atoms with Crippen LogP contribution in [0, 0.1) is 13.8 Å². The zero-order chi connectivity index (χ0) is 18.0. The summed E-state index contributed by atoms with van der Waals surface area (Å²) in [4.78, 5) is 0. The highest BCUT2D eigenvalue weighted by molar-refractivity contribution is 5.95. The SMILES string of the molecule is CC.Cc1cc(C)c2c(c1)-c1c3ccccc3cc[n+]1C1(C)CC21C. The third kappa shape index (κ3) is 1.93. The summed E-state index contributed by atoms with van der Waals surface area (Å²) in [5.41, 5.74) is 7.69. The van der Waals surface area contributed by atoms with Crippen LogP contribution in [0.1, 0.15) is 50.8 Å². The molecule has 0 amide bonds. The van der Waals surface area contributed by atoms with E-state index < -0.39 is 0 Å². The Morgan fingerprint density at radius 2 is 1.68 bits per heavy atom. The fourth-order valence-electron chi connectivity index (χ4n) is 5.14. The molecule has 0 saturated heterocycles. The zero-order valence-electron chi connectivity index (χ0n) is 16.3. The molecule has 2 heterocycles. The monoisotopic (exact) mass is 330 g/mol. The molecule has 0 radical (unpaired) electrons. The maximum absolute atomic E-state index is 2.55. The summed E-state index contributed by atoms with van der Waals surface area (Å²) >= 11 is 0. The predicted molar refractivity (Wildman–Crippen MR) is 106 cm³/mol. The Labute approximate surface area is 151 Å². The summed E-state index contributed by atoms with van der Waals surface area (Å²) in [6.45, 7) is 13.4. The molecule has 1 fully saturated rings. The number of nitrogens with zero attached hydrogens (tertiary/aromatic N) is 1. The van der Waals surface area contributed by atoms with Gasteiger partial charge in [-0.05, 0) is 49.4 Å². The summed E-state index contributed by atoms with van der Waals surface area (Å²) < 4.78 is 2.55. The van der Waals surface area contributed by atoms with Gasteiger partial charge >= 0.3 is 0 Å². The topological polar surface area (TPSA) is 3.88 Å². The molecule has 2 atom stereocenters. The first-order valence-electron chi connectivity index (χ1n) is 9.52. The van der Waals surface area contributed by atoms with E-state index in [0.29, 0.717) is 0 Å². The van der Waals surface area contributed by atoms with E-state index in [4.69, 9.17) is 0 Å². The Hall–Kier alpha value is -2.15. The molecule has 5 rings (SSSR count). The highest BCUT2D eigenvalue weighted by atomic mass is 15.1. The molecular weight excluding hydrogens is 302 g/mol. The van der Waals surface area contributed by atoms with Gasteiger partial charge in [-0.1, -0.05) is 43.7 Å². The van der Waals surface area contributed by atoms with Crippen molar-refractivity contribution in [2.45, 2.75) is 58.9 Å². The first-order chi connectivity index (χ1) is 12.0. The second-order valence-corrected chi connectivity index (χ2v) is 7.91. The van der Waals surface area contributed by atoms with Crippen LogP contribution in [0.15, 0.2) is 48.7 Å². The fourth-order valence-corrected chi connectivity index (χ4v) is 5.14. The van der Waals surface area contributed by atoms with Crippen LogP contribution in [0.25, 0.3) is 22.0 Å². The van der Waals surface area contributed by atoms with Gasteiger partial charge in [0.05, 0.1) is 16.4 Å². The van der Waals surface area contributed by atoms with E-state index >= 15 is 0 Å². The maximum Gasteiger partial charge on any atom is 0.221 e. The summed E-state index contributed by atoms with van der Waals surface area (Å²) in [6.07, 6.45) is 3.54. The van der Waals surface area contributed by atoms with Gasteiger partial charge in [0.1, 0.15) is 0 Å². The number of pyridine rings is 1. The average molecular weight is 330 g/mol. The number of rotatable bonds is 0. The molecule has 1 aliphatic heterocycles. The highest BCUT2D eigenvalue weighted by Gasteiger charge is 2.73. The van der Waals surface area contributed by atoms with Crippen LogP contribution in [0.3, 0.4) is 0 Å². The lowest BCUT2D eigenvalue weighted by molar-refractivity contribution is -0.730. The maximum atomic E-state index is 2.55. The molecule has 128 valence electrons. The van der Waals surface area contributed by atoms with Crippen molar-refractivity contribution in [3.05, 3.63) is 65.4 Å². The quantitative estimate of drug-likeness (QED) is 0.457. The van der Waals surface area contributed by atoms with Crippen LogP contribution in [-0.2, 0) is 11.0 Å². The molecule has 0 N–H and O–H groups in total. The van der Waals surface area contributed by atoms with Gasteiger partial charge in [-0.15, -0.1) is 0 Å². The molecule has 3 aromatic rings. The molecule has 2 unspecified atom stereocenters. The number of hydrogen-bond acceptors (Lipinski definition) is 0. The van der Waals surface area contributed by atoms with Gasteiger partial charge in [-0.2, -0.15) is 4.57 Å². The first kappa shape index (κ1) is 16.3. The van der Waals surface area contributed by atoms with Crippen LogP contribution < -0.4 is 4.57 Å². The molecule has 2 aromatic carbocycles. The average Bonchev–Trinajstić information content (AvgIpc) is 3.19. The Bertz CT molecular complexity index is 1000. The lowest BCUT2D eigenvalue weighted by atomic mass is 9.80. The van der Waals surface area contributed by atoms with Crippen LogP contribution in [0.5, 0.6) is 0 Å². The van der Waals surface area contributed by atoms with Crippen LogP contribution in [0.2, 0.25) is 0 Å². The van der Waals surface area contributed by atoms with Crippen LogP contribution >= 0.6 is 0 Å². The largest absolute Gasteiger partial charge is 0.221 e. The number of aryl methyl sites for hydroxylation is 2. The third-order valence-corrected chi connectivity index (χ3v) is 6.44. The summed E-state index contributed by atoms with van der Waals surface area (Å²) in [5, 5.41) is 2.70. The lowest BCUT2D eigenvalue weighted by Gasteiger charge is -2.28. The van der Waals surface area contributed by atoms with Gasteiger partial charge in [0.2, 0.25) is 5.69 Å². The first-order valence-corrected chi connectivity index (χ1v) is 9.52. The second kappa shape index (κ2) is 5.17. The van der Waals surface area contributed by atoms with Crippen molar-refractivity contribution in [2.24, 2.45) is 0 Å². The van der Waals surface area contributed by atoms with Crippen molar-refractivity contribution >= 4 is 10.8 Å². The van der Waals surface area contributed by atoms with E-state index in [1.165, 1.54) is 39.6 Å². The Balaban J connectivity index is 0.000000758. The molecule has 1 heteroatoms. The summed E-state index contributed by atoms with van der Waals surface area (Å²) in [6, 6.07) is 15.8. The fraction of sp³-hybridized carbons (Fsp3) is 0.375. The van der Waals surface area contributed by atoms with Crippen molar-refractivity contribution in [1.82, 2.24) is 0 Å². The molecule has 1 aliphatic carbocycles. The minimum absolute atomic E-state index is 0.208. The molecule has 2 aliphatic rings. The standard InChI is InChI=1S/C22H22N.C2H6/c1-14-11-15(2)19-18(12-14)20-17-8-6-5-7-16(17)9-10-23(20)22(4)13-21(19,22)3;1-2/h5-12H,13H2,1-4H3;1-2H3/q+1;. The van der Waals surface area contributed by atoms with Gasteiger partial charge in [-0.3, -0.25) is 0 Å². The highest BCUT2D eigenvalue weighted by Crippen LogP contribution is 2.64. The van der Waals surface area contributed by atoms with E-state index in [0.717, 1.165) is 0 Å². The predicted octanol–water partition coefficient (Wildman–Crippen LogP) is 5.83. The second-order valence-electron chi connectivity index (χ2n) is 7.91. The molecule has 1 nitrogen and oxygen atoms in total.